The molecule has 0 aliphatic heterocycles. The number of aryl methyl sites for hydroxylation is 1. The van der Waals surface area contributed by atoms with Gasteiger partial charge in [0, 0.05) is 5.88 Å². The lowest BCUT2D eigenvalue weighted by Crippen LogP contribution is -2.51. The molecule has 23 heavy (non-hydrogen) atoms. The number of hydrogen-bond donors (Lipinski definition) is 0. The van der Waals surface area contributed by atoms with Gasteiger partial charge in [0.2, 0.25) is 0 Å². The van der Waals surface area contributed by atoms with Gasteiger partial charge in [0.15, 0.2) is 9.84 Å². The normalized spacial score (nSPS) is 11.3. The van der Waals surface area contributed by atoms with Crippen LogP contribution in [-0.4, -0.2) is 33.1 Å². The van der Waals surface area contributed by atoms with E-state index in [9.17, 15) is 13.2 Å². The van der Waals surface area contributed by atoms with Crippen LogP contribution in [0.25, 0.3) is 0 Å². The molecule has 1 amide bonds. The van der Waals surface area contributed by atoms with Crippen LogP contribution in [0.1, 0.15) is 5.56 Å². The molecule has 0 N–H and O–H groups in total. The molecule has 0 saturated heterocycles. The maximum absolute atomic E-state index is 12.6. The Labute approximate surface area is 141 Å². The summed E-state index contributed by atoms with van der Waals surface area (Å²) < 4.78 is 26.1. The Morgan fingerprint density at radius 2 is 1.91 bits per heavy atom. The van der Waals surface area contributed by atoms with Crippen molar-refractivity contribution in [1.82, 2.24) is 0 Å². The molecular formula is C16H18ClN2O3S+. The maximum Gasteiger partial charge on any atom is 0.502 e. The molecular weight excluding hydrogens is 336 g/mol. The van der Waals surface area contributed by atoms with Crippen molar-refractivity contribution in [2.24, 2.45) is 0 Å². The van der Waals surface area contributed by atoms with Crippen LogP contribution in [0, 0.1) is 6.92 Å². The number of benzene rings is 1. The van der Waals surface area contributed by atoms with Gasteiger partial charge in [-0.2, -0.15) is 14.3 Å². The fraction of sp³-hybridized carbons (Fsp3) is 0.250. The Kier molecular flexibility index (Phi) is 5.38. The number of amides is 1. The molecule has 7 heteroatoms. The Balaban J connectivity index is 2.44. The molecule has 0 unspecified atom stereocenters. The van der Waals surface area contributed by atoms with Crippen LogP contribution in [0.2, 0.25) is 0 Å². The van der Waals surface area contributed by atoms with E-state index in [0.29, 0.717) is 5.69 Å². The zero-order valence-corrected chi connectivity index (χ0v) is 14.5. The number of alkyl halides is 1. The minimum atomic E-state index is -3.54. The summed E-state index contributed by atoms with van der Waals surface area (Å²) >= 11 is 5.58. The van der Waals surface area contributed by atoms with Crippen molar-refractivity contribution in [2.45, 2.75) is 11.8 Å². The quantitative estimate of drug-likeness (QED) is 0.626. The molecule has 2 rings (SSSR count). The van der Waals surface area contributed by atoms with E-state index in [0.717, 1.165) is 5.56 Å². The number of carbonyl (C=O) groups excluding carboxylic acids is 1. The monoisotopic (exact) mass is 353 g/mol. The summed E-state index contributed by atoms with van der Waals surface area (Å²) in [6.45, 7) is 1.88. The third-order valence-electron chi connectivity index (χ3n) is 3.36. The van der Waals surface area contributed by atoms with E-state index in [1.165, 1.54) is 15.5 Å². The molecule has 0 spiro atoms. The molecule has 2 aromatic rings. The van der Waals surface area contributed by atoms with Gasteiger partial charge in [-0.1, -0.05) is 18.2 Å². The smallest absolute Gasteiger partial charge is 0.223 e. The van der Waals surface area contributed by atoms with Crippen molar-refractivity contribution in [2.75, 3.05) is 23.6 Å². The second-order valence-corrected chi connectivity index (χ2v) is 7.56. The molecule has 0 bridgehead atoms. The number of para-hydroxylation sites is 1. The van der Waals surface area contributed by atoms with E-state index in [2.05, 4.69) is 0 Å². The molecule has 1 aromatic carbocycles. The Hall–Kier alpha value is -1.92. The minimum absolute atomic E-state index is 0.000951. The Bertz CT molecular complexity index is 822. The van der Waals surface area contributed by atoms with Gasteiger partial charge in [0.25, 0.3) is 0 Å². The van der Waals surface area contributed by atoms with Crippen molar-refractivity contribution < 1.29 is 17.8 Å². The number of nitrogens with zero attached hydrogens (tertiary/aromatic N) is 2. The van der Waals surface area contributed by atoms with Crippen molar-refractivity contribution in [3.8, 4) is 0 Å². The summed E-state index contributed by atoms with van der Waals surface area (Å²) in [5, 5.41) is 0. The first-order chi connectivity index (χ1) is 10.9. The third kappa shape index (κ3) is 3.89. The van der Waals surface area contributed by atoms with Crippen LogP contribution in [0.3, 0.4) is 0 Å². The standard InChI is InChI=1S/C16H18ClN2O3S/c1-13-6-5-10-19(12-13)16(20)18(2)14-7-3-4-8-15(14)23(21,22)11-9-17/h3-8,10,12H,9,11H2,1-2H3/q+1. The van der Waals surface area contributed by atoms with E-state index >= 15 is 0 Å². The molecule has 0 fully saturated rings. The van der Waals surface area contributed by atoms with Gasteiger partial charge in [0.05, 0.1) is 19.0 Å². The minimum Gasteiger partial charge on any atom is -0.223 e. The fourth-order valence-corrected chi connectivity index (χ4v) is 4.04. The van der Waals surface area contributed by atoms with Crippen molar-refractivity contribution in [1.29, 1.82) is 0 Å². The molecule has 1 heterocycles. The van der Waals surface area contributed by atoms with Gasteiger partial charge in [-0.05, 0) is 30.7 Å². The summed E-state index contributed by atoms with van der Waals surface area (Å²) in [6.07, 6.45) is 3.32. The van der Waals surface area contributed by atoms with Gasteiger partial charge >= 0.3 is 6.03 Å². The second kappa shape index (κ2) is 7.10. The molecule has 0 aliphatic carbocycles. The van der Waals surface area contributed by atoms with E-state index in [1.54, 1.807) is 43.7 Å². The Morgan fingerprint density at radius 3 is 2.57 bits per heavy atom. The van der Waals surface area contributed by atoms with E-state index in [4.69, 9.17) is 11.6 Å². The summed E-state index contributed by atoms with van der Waals surface area (Å²) in [6, 6.07) is 9.71. The van der Waals surface area contributed by atoms with Gasteiger partial charge in [-0.25, -0.2) is 8.42 Å². The van der Waals surface area contributed by atoms with Gasteiger partial charge in [0.1, 0.15) is 16.8 Å². The molecule has 0 atom stereocenters. The van der Waals surface area contributed by atoms with E-state index in [1.807, 2.05) is 13.0 Å². The van der Waals surface area contributed by atoms with Crippen LogP contribution in [0.15, 0.2) is 53.7 Å². The fourth-order valence-electron chi connectivity index (χ4n) is 2.20. The maximum atomic E-state index is 12.6. The largest absolute Gasteiger partial charge is 0.502 e. The first kappa shape index (κ1) is 17.4. The van der Waals surface area contributed by atoms with E-state index in [-0.39, 0.29) is 22.6 Å². The average Bonchev–Trinajstić information content (AvgIpc) is 2.53. The molecule has 0 saturated carbocycles. The lowest BCUT2D eigenvalue weighted by atomic mass is 10.3. The average molecular weight is 354 g/mol. The van der Waals surface area contributed by atoms with Crippen LogP contribution in [0.4, 0.5) is 10.5 Å². The van der Waals surface area contributed by atoms with Crippen LogP contribution in [0.5, 0.6) is 0 Å². The number of rotatable bonds is 4. The highest BCUT2D eigenvalue weighted by Crippen LogP contribution is 2.25. The zero-order valence-electron chi connectivity index (χ0n) is 12.9. The van der Waals surface area contributed by atoms with Crippen molar-refractivity contribution >= 4 is 33.2 Å². The summed E-state index contributed by atoms with van der Waals surface area (Å²) in [5.41, 5.74) is 1.26. The van der Waals surface area contributed by atoms with Gasteiger partial charge < -0.3 is 0 Å². The molecule has 5 nitrogen and oxygen atoms in total. The number of hydrogen-bond acceptors (Lipinski definition) is 3. The van der Waals surface area contributed by atoms with Crippen molar-refractivity contribution in [3.63, 3.8) is 0 Å². The number of pyridine rings is 1. The molecule has 122 valence electrons. The van der Waals surface area contributed by atoms with Crippen LogP contribution < -0.4 is 9.47 Å². The number of anilines is 1. The highest BCUT2D eigenvalue weighted by atomic mass is 35.5. The van der Waals surface area contributed by atoms with Crippen LogP contribution in [-0.2, 0) is 9.84 Å². The SMILES string of the molecule is Cc1ccc[n+](C(=O)N(C)c2ccccc2S(=O)(=O)CCCl)c1. The third-order valence-corrected chi connectivity index (χ3v) is 5.53. The summed E-state index contributed by atoms with van der Waals surface area (Å²) in [4.78, 5) is 14.0. The predicted molar refractivity (Wildman–Crippen MR) is 89.8 cm³/mol. The first-order valence-corrected chi connectivity index (χ1v) is 9.19. The predicted octanol–water partition coefficient (Wildman–Crippen LogP) is 2.40. The number of sulfone groups is 1. The second-order valence-electron chi connectivity index (χ2n) is 5.11. The summed E-state index contributed by atoms with van der Waals surface area (Å²) in [5.74, 6) is -0.174. The van der Waals surface area contributed by atoms with Gasteiger partial charge in [-0.3, -0.25) is 0 Å². The lowest BCUT2D eigenvalue weighted by Gasteiger charge is -2.14. The first-order valence-electron chi connectivity index (χ1n) is 7.00. The van der Waals surface area contributed by atoms with Gasteiger partial charge in [-0.15, -0.1) is 11.6 Å². The Morgan fingerprint density at radius 1 is 1.22 bits per heavy atom. The van der Waals surface area contributed by atoms with Crippen LogP contribution >= 0.6 is 11.6 Å². The molecule has 0 radical (unpaired) electrons. The number of aromatic nitrogens is 1. The zero-order chi connectivity index (χ0) is 17.0. The molecule has 0 aliphatic rings. The topological polar surface area (TPSA) is 58.3 Å². The summed E-state index contributed by atoms with van der Waals surface area (Å²) in [7, 11) is -2.00. The highest BCUT2D eigenvalue weighted by Gasteiger charge is 2.29. The molecule has 1 aromatic heterocycles. The lowest BCUT2D eigenvalue weighted by molar-refractivity contribution is -0.570. The van der Waals surface area contributed by atoms with Crippen molar-refractivity contribution in [3.05, 3.63) is 54.4 Å². The number of halogens is 1. The van der Waals surface area contributed by atoms with E-state index < -0.39 is 9.84 Å². The highest BCUT2D eigenvalue weighted by molar-refractivity contribution is 7.91. The number of carbonyl (C=O) groups is 1.